The van der Waals surface area contributed by atoms with Gasteiger partial charge in [0.1, 0.15) is 0 Å². The maximum absolute atomic E-state index is 5.65. The van der Waals surface area contributed by atoms with Gasteiger partial charge in [-0.15, -0.1) is 22.7 Å². The standard InChI is InChI=1S/C100H126N2S2/c1-5-9-13-17-21-25-29-33-37-41-45-81-49-57-85(58-50-81)65-69-89-93-73-74-94(101-93)90(70-66-86-59-51-82(52-60-86)46-42-38-34-30-26-22-18-14-10-6-2)99-79-80-100(104-99)92(72-68-88-63-55-84(56-64-88)48-44-40-36-32-28-24-20-16-12-8-4)96-76-75-95(102-96)91(98-78-77-97(89)103-98)71-67-87-61-53-83(54-62-87)47-43-39-35-31-27-23-19-15-11-7-3/h49-64,73-74,77-80H,5-48,75-76H2,1-4H3. The lowest BCUT2D eigenvalue weighted by Crippen LogP contribution is -1.88. The number of nitrogens with zero attached hydrogens (tertiary/aromatic N) is 2. The van der Waals surface area contributed by atoms with E-state index in [0.29, 0.717) is 0 Å². The number of thiophene rings is 2. The van der Waals surface area contributed by atoms with Crippen molar-refractivity contribution in [1.82, 2.24) is 9.97 Å². The molecule has 0 fully saturated rings. The van der Waals surface area contributed by atoms with Crippen LogP contribution in [0.5, 0.6) is 0 Å². The third kappa shape index (κ3) is 29.3. The molecular weight excluding hydrogens is 1290 g/mol. The fourth-order valence-corrected chi connectivity index (χ4v) is 16.7. The molecule has 4 aromatic carbocycles. The van der Waals surface area contributed by atoms with Crippen LogP contribution in [0.3, 0.4) is 0 Å². The van der Waals surface area contributed by atoms with Gasteiger partial charge in [-0.3, -0.25) is 4.98 Å². The predicted molar refractivity (Wildman–Crippen MR) is 456 cm³/mol. The quantitative estimate of drug-likeness (QED) is 0.0281. The summed E-state index contributed by atoms with van der Waals surface area (Å²) in [6, 6.07) is 45.0. The van der Waals surface area contributed by atoms with Gasteiger partial charge in [0.15, 0.2) is 0 Å². The first kappa shape index (κ1) is 80.9. The van der Waals surface area contributed by atoms with Crippen molar-refractivity contribution in [1.29, 1.82) is 0 Å². The Hall–Kier alpha value is -7.18. The average Bonchev–Trinajstić information content (AvgIpc) is 1.64. The molecule has 9 rings (SSSR count). The molecule has 548 valence electrons. The Labute approximate surface area is 640 Å². The van der Waals surface area contributed by atoms with Crippen LogP contribution in [0.4, 0.5) is 0 Å². The van der Waals surface area contributed by atoms with Crippen LogP contribution >= 0.6 is 22.7 Å². The number of hydrogen-bond donors (Lipinski definition) is 0. The van der Waals surface area contributed by atoms with E-state index in [1.165, 1.54) is 279 Å². The second-order valence-electron chi connectivity index (χ2n) is 30.1. The van der Waals surface area contributed by atoms with Crippen molar-refractivity contribution >= 4 is 53.6 Å². The molecule has 2 nitrogen and oxygen atoms in total. The number of hydrogen-bond acceptors (Lipinski definition) is 4. The van der Waals surface area contributed by atoms with Gasteiger partial charge in [-0.1, -0.05) is 355 Å². The van der Waals surface area contributed by atoms with Gasteiger partial charge in [-0.05, 0) is 171 Å². The summed E-state index contributed by atoms with van der Waals surface area (Å²) >= 11 is 3.48. The smallest absolute Gasteiger partial charge is 0.0809 e. The molecule has 3 aromatic heterocycles. The van der Waals surface area contributed by atoms with Crippen molar-refractivity contribution in [3.8, 4) is 47.4 Å². The van der Waals surface area contributed by atoms with Crippen LogP contribution in [0, 0.1) is 47.4 Å². The van der Waals surface area contributed by atoms with Gasteiger partial charge in [0.05, 0.1) is 45.0 Å². The molecule has 0 aliphatic carbocycles. The molecule has 0 atom stereocenters. The first-order valence-corrected chi connectivity index (χ1v) is 43.8. The molecule has 0 saturated heterocycles. The van der Waals surface area contributed by atoms with E-state index >= 15 is 0 Å². The summed E-state index contributed by atoms with van der Waals surface area (Å²) < 4.78 is 4.26. The molecule has 0 N–H and O–H groups in total. The molecule has 0 spiro atoms. The first-order chi connectivity index (χ1) is 51.5. The maximum atomic E-state index is 5.65. The number of rotatable bonds is 44. The number of benzene rings is 4. The van der Waals surface area contributed by atoms with E-state index in [2.05, 4.69) is 209 Å². The topological polar surface area (TPSA) is 25.8 Å². The van der Waals surface area contributed by atoms with E-state index in [4.69, 9.17) is 9.97 Å². The van der Waals surface area contributed by atoms with Crippen LogP contribution in [-0.4, -0.2) is 9.97 Å². The van der Waals surface area contributed by atoms with Crippen LogP contribution in [0.2, 0.25) is 0 Å². The third-order valence-corrected chi connectivity index (χ3v) is 23.5. The lowest BCUT2D eigenvalue weighted by Gasteiger charge is -2.03. The molecule has 5 heterocycles. The van der Waals surface area contributed by atoms with Gasteiger partial charge in [0, 0.05) is 41.1 Å². The minimum Gasteiger partial charge on any atom is -0.255 e. The third-order valence-electron chi connectivity index (χ3n) is 21.2. The summed E-state index contributed by atoms with van der Waals surface area (Å²) in [5, 5.41) is 0. The lowest BCUT2D eigenvalue weighted by molar-refractivity contribution is 0.556. The van der Waals surface area contributed by atoms with E-state index in [9.17, 15) is 0 Å². The average molecular weight is 1420 g/mol. The fraction of sp³-hybridized carbons (Fsp3) is 0.500. The summed E-state index contributed by atoms with van der Waals surface area (Å²) in [5.41, 5.74) is 17.0. The van der Waals surface area contributed by atoms with Crippen molar-refractivity contribution in [2.24, 2.45) is 0 Å². The largest absolute Gasteiger partial charge is 0.255 e. The minimum absolute atomic E-state index is 0.765. The van der Waals surface area contributed by atoms with Crippen molar-refractivity contribution in [3.63, 3.8) is 0 Å². The molecule has 0 unspecified atom stereocenters. The monoisotopic (exact) mass is 1420 g/mol. The first-order valence-electron chi connectivity index (χ1n) is 42.2. The van der Waals surface area contributed by atoms with Crippen molar-refractivity contribution in [2.75, 3.05) is 0 Å². The highest BCUT2D eigenvalue weighted by atomic mass is 32.1. The second-order valence-corrected chi connectivity index (χ2v) is 32.2. The van der Waals surface area contributed by atoms with E-state index in [1.54, 1.807) is 22.7 Å². The summed E-state index contributed by atoms with van der Waals surface area (Å²) in [6.07, 6.45) is 64.2. The molecule has 2 aliphatic heterocycles. The van der Waals surface area contributed by atoms with Crippen LogP contribution in [0.15, 0.2) is 121 Å². The Kier molecular flexibility index (Phi) is 38.0. The van der Waals surface area contributed by atoms with E-state index in [0.717, 1.165) is 125 Å². The molecule has 8 bridgehead atoms. The van der Waals surface area contributed by atoms with Crippen LogP contribution < -0.4 is 0 Å². The number of aryl methyl sites for hydroxylation is 6. The minimum atomic E-state index is 0.765. The molecular formula is C100H126N2S2. The molecule has 0 radical (unpaired) electrons. The van der Waals surface area contributed by atoms with Crippen LogP contribution in [0.25, 0.3) is 31.0 Å². The molecule has 0 saturated carbocycles. The highest BCUT2D eigenvalue weighted by Gasteiger charge is 2.18. The van der Waals surface area contributed by atoms with Crippen molar-refractivity contribution < 1.29 is 0 Å². The Bertz CT molecular complexity index is 3840. The van der Waals surface area contributed by atoms with Crippen molar-refractivity contribution in [3.05, 3.63) is 211 Å². The van der Waals surface area contributed by atoms with Gasteiger partial charge < -0.3 is 0 Å². The zero-order valence-corrected chi connectivity index (χ0v) is 66.6. The maximum Gasteiger partial charge on any atom is 0.0809 e. The SMILES string of the molecule is CCCCCCCCCCCCc1ccc(C#Cc2c3nc(c(C#Cc4ccc(CCCCCCCCCCCC)cc4)c4ccc(s4)c(C#Cc4ccc(CCCCCCCCCCCC)cc4)c4nc(c(C#Cc5ccc(CCCCCCCCCCCC)cc5)c5ccc2s5)CC4)C=C3)cc1. The zero-order chi connectivity index (χ0) is 72.1. The Morgan fingerprint density at radius 2 is 0.442 bits per heavy atom. The van der Waals surface area contributed by atoms with E-state index in [1.807, 2.05) is 0 Å². The fourth-order valence-electron chi connectivity index (χ4n) is 14.6. The van der Waals surface area contributed by atoms with Crippen LogP contribution in [0.1, 0.15) is 374 Å². The molecule has 7 aromatic rings. The Morgan fingerprint density at radius 1 is 0.231 bits per heavy atom. The second kappa shape index (κ2) is 48.8. The molecule has 0 amide bonds. The Morgan fingerprint density at radius 3 is 0.683 bits per heavy atom. The number of unbranched alkanes of at least 4 members (excludes halogenated alkanes) is 36. The van der Waals surface area contributed by atoms with Gasteiger partial charge in [-0.25, -0.2) is 4.98 Å². The summed E-state index contributed by atoms with van der Waals surface area (Å²) in [4.78, 5) is 11.2. The molecule has 104 heavy (non-hydrogen) atoms. The van der Waals surface area contributed by atoms with Gasteiger partial charge >= 0.3 is 0 Å². The highest BCUT2D eigenvalue weighted by molar-refractivity contribution is 7.24. The number of fused-ring (bicyclic) bond motifs is 8. The van der Waals surface area contributed by atoms with Gasteiger partial charge in [0.25, 0.3) is 0 Å². The number of aromatic nitrogens is 2. The zero-order valence-electron chi connectivity index (χ0n) is 64.9. The Balaban J connectivity index is 1.05. The summed E-state index contributed by atoms with van der Waals surface area (Å²) in [7, 11) is 0. The molecule has 4 heteroatoms. The lowest BCUT2D eigenvalue weighted by atomic mass is 10.0. The van der Waals surface area contributed by atoms with Gasteiger partial charge in [0.2, 0.25) is 0 Å². The van der Waals surface area contributed by atoms with E-state index < -0.39 is 0 Å². The summed E-state index contributed by atoms with van der Waals surface area (Å²) in [5.74, 6) is 29.6. The summed E-state index contributed by atoms with van der Waals surface area (Å²) in [6.45, 7) is 9.20. The van der Waals surface area contributed by atoms with Crippen molar-refractivity contribution in [2.45, 2.75) is 323 Å². The normalized spacial score (nSPS) is 11.6. The van der Waals surface area contributed by atoms with Crippen LogP contribution in [-0.2, 0) is 38.5 Å². The van der Waals surface area contributed by atoms with Gasteiger partial charge in [-0.2, -0.15) is 0 Å². The van der Waals surface area contributed by atoms with E-state index in [-0.39, 0.29) is 0 Å². The highest BCUT2D eigenvalue weighted by Crippen LogP contribution is 2.34. The predicted octanol–water partition coefficient (Wildman–Crippen LogP) is 29.2. The molecule has 2 aliphatic rings.